The van der Waals surface area contributed by atoms with Crippen molar-refractivity contribution in [3.63, 3.8) is 0 Å². The first-order valence-electron chi connectivity index (χ1n) is 5.68. The van der Waals surface area contributed by atoms with E-state index in [1.54, 1.807) is 0 Å². The lowest BCUT2D eigenvalue weighted by molar-refractivity contribution is 0.548. The summed E-state index contributed by atoms with van der Waals surface area (Å²) in [5, 5.41) is 3.23. The van der Waals surface area contributed by atoms with Gasteiger partial charge in [-0.3, -0.25) is 0 Å². The highest BCUT2D eigenvalue weighted by Gasteiger charge is 2.14. The monoisotopic (exact) mass is 221 g/mol. The lowest BCUT2D eigenvalue weighted by atomic mass is 9.88. The summed E-state index contributed by atoms with van der Waals surface area (Å²) in [6.07, 6.45) is 1.92. The SMILES string of the molecule is CC(C)(N)CNc1ccc(C(C)(C)C)cn1. The Labute approximate surface area is 98.5 Å². The van der Waals surface area contributed by atoms with Gasteiger partial charge in [0.05, 0.1) is 0 Å². The van der Waals surface area contributed by atoms with Crippen LogP contribution in [0.1, 0.15) is 40.2 Å². The number of aromatic nitrogens is 1. The molecule has 0 radical (unpaired) electrons. The van der Waals surface area contributed by atoms with Crippen molar-refractivity contribution < 1.29 is 0 Å². The van der Waals surface area contributed by atoms with E-state index in [2.05, 4.69) is 37.1 Å². The molecular weight excluding hydrogens is 198 g/mol. The molecule has 0 bridgehead atoms. The van der Waals surface area contributed by atoms with Crippen LogP contribution in [-0.4, -0.2) is 17.1 Å². The highest BCUT2D eigenvalue weighted by molar-refractivity contribution is 5.37. The van der Waals surface area contributed by atoms with Crippen LogP contribution in [0.4, 0.5) is 5.82 Å². The van der Waals surface area contributed by atoms with E-state index in [-0.39, 0.29) is 11.0 Å². The Morgan fingerprint density at radius 1 is 1.19 bits per heavy atom. The zero-order chi connectivity index (χ0) is 12.4. The summed E-state index contributed by atoms with van der Waals surface area (Å²) in [6, 6.07) is 4.12. The summed E-state index contributed by atoms with van der Waals surface area (Å²) in [4.78, 5) is 4.38. The van der Waals surface area contributed by atoms with Gasteiger partial charge < -0.3 is 11.1 Å². The third kappa shape index (κ3) is 4.19. The molecule has 0 saturated carbocycles. The molecule has 0 aliphatic rings. The Kier molecular flexibility index (Phi) is 3.58. The number of anilines is 1. The average molecular weight is 221 g/mol. The van der Waals surface area contributed by atoms with Crippen molar-refractivity contribution in [3.8, 4) is 0 Å². The number of hydrogen-bond acceptors (Lipinski definition) is 3. The second-order valence-corrected chi connectivity index (χ2v) is 6.02. The Morgan fingerprint density at radius 2 is 1.81 bits per heavy atom. The molecule has 0 fully saturated rings. The standard InChI is InChI=1S/C13H23N3/c1-12(2,3)10-6-7-11(15-8-10)16-9-13(4,5)14/h6-8H,9,14H2,1-5H3,(H,15,16). The molecule has 16 heavy (non-hydrogen) atoms. The topological polar surface area (TPSA) is 50.9 Å². The molecule has 3 N–H and O–H groups in total. The van der Waals surface area contributed by atoms with Crippen molar-refractivity contribution in [3.05, 3.63) is 23.9 Å². The van der Waals surface area contributed by atoms with Gasteiger partial charge in [-0.05, 0) is 30.9 Å². The van der Waals surface area contributed by atoms with Gasteiger partial charge in [-0.15, -0.1) is 0 Å². The summed E-state index contributed by atoms with van der Waals surface area (Å²) >= 11 is 0. The highest BCUT2D eigenvalue weighted by atomic mass is 15.0. The first-order valence-corrected chi connectivity index (χ1v) is 5.68. The molecule has 0 unspecified atom stereocenters. The lowest BCUT2D eigenvalue weighted by Gasteiger charge is -2.21. The largest absolute Gasteiger partial charge is 0.368 e. The molecule has 0 aliphatic heterocycles. The van der Waals surface area contributed by atoms with Crippen LogP contribution in [0.3, 0.4) is 0 Å². The van der Waals surface area contributed by atoms with Gasteiger partial charge in [0.1, 0.15) is 5.82 Å². The molecule has 90 valence electrons. The van der Waals surface area contributed by atoms with E-state index in [0.29, 0.717) is 0 Å². The van der Waals surface area contributed by atoms with Crippen molar-refractivity contribution in [2.24, 2.45) is 5.73 Å². The van der Waals surface area contributed by atoms with Gasteiger partial charge >= 0.3 is 0 Å². The third-order valence-electron chi connectivity index (χ3n) is 2.35. The number of rotatable bonds is 3. The zero-order valence-electron chi connectivity index (χ0n) is 11.0. The van der Waals surface area contributed by atoms with Crippen LogP contribution < -0.4 is 11.1 Å². The normalized spacial score (nSPS) is 12.6. The van der Waals surface area contributed by atoms with Gasteiger partial charge in [-0.2, -0.15) is 0 Å². The first kappa shape index (κ1) is 13.0. The molecule has 0 aromatic carbocycles. The lowest BCUT2D eigenvalue weighted by Crippen LogP contribution is -2.39. The third-order valence-corrected chi connectivity index (χ3v) is 2.35. The minimum absolute atomic E-state index is 0.151. The molecule has 1 aromatic heterocycles. The molecule has 0 atom stereocenters. The zero-order valence-corrected chi connectivity index (χ0v) is 11.0. The molecule has 0 saturated heterocycles. The molecule has 1 aromatic rings. The predicted octanol–water partition coefficient (Wildman–Crippen LogP) is 2.53. The van der Waals surface area contributed by atoms with Gasteiger partial charge in [0, 0.05) is 18.3 Å². The first-order chi connectivity index (χ1) is 7.18. The Morgan fingerprint density at radius 3 is 2.19 bits per heavy atom. The molecule has 1 rings (SSSR count). The van der Waals surface area contributed by atoms with E-state index in [9.17, 15) is 0 Å². The fourth-order valence-corrected chi connectivity index (χ4v) is 1.26. The van der Waals surface area contributed by atoms with Gasteiger partial charge in [0.15, 0.2) is 0 Å². The van der Waals surface area contributed by atoms with E-state index in [1.165, 1.54) is 5.56 Å². The van der Waals surface area contributed by atoms with E-state index in [0.717, 1.165) is 12.4 Å². The average Bonchev–Trinajstić information content (AvgIpc) is 2.13. The van der Waals surface area contributed by atoms with Gasteiger partial charge in [0.2, 0.25) is 0 Å². The number of nitrogens with two attached hydrogens (primary N) is 1. The predicted molar refractivity (Wildman–Crippen MR) is 69.7 cm³/mol. The van der Waals surface area contributed by atoms with Crippen LogP contribution in [0.2, 0.25) is 0 Å². The molecule has 1 heterocycles. The quantitative estimate of drug-likeness (QED) is 0.824. The molecule has 3 nitrogen and oxygen atoms in total. The van der Waals surface area contributed by atoms with Crippen LogP contribution >= 0.6 is 0 Å². The summed E-state index contributed by atoms with van der Waals surface area (Å²) in [7, 11) is 0. The van der Waals surface area contributed by atoms with Crippen LogP contribution in [0, 0.1) is 0 Å². The van der Waals surface area contributed by atoms with Crippen molar-refractivity contribution >= 4 is 5.82 Å². The van der Waals surface area contributed by atoms with Crippen molar-refractivity contribution in [1.82, 2.24) is 4.98 Å². The summed E-state index contributed by atoms with van der Waals surface area (Å²) in [5.41, 5.74) is 7.07. The maximum atomic E-state index is 5.89. The van der Waals surface area contributed by atoms with Gasteiger partial charge in [-0.25, -0.2) is 4.98 Å². The van der Waals surface area contributed by atoms with Crippen molar-refractivity contribution in [1.29, 1.82) is 0 Å². The van der Waals surface area contributed by atoms with Crippen LogP contribution in [0.15, 0.2) is 18.3 Å². The fourth-order valence-electron chi connectivity index (χ4n) is 1.26. The van der Waals surface area contributed by atoms with E-state index in [4.69, 9.17) is 5.73 Å². The second-order valence-electron chi connectivity index (χ2n) is 6.02. The van der Waals surface area contributed by atoms with Crippen molar-refractivity contribution in [2.45, 2.75) is 45.6 Å². The van der Waals surface area contributed by atoms with E-state index in [1.807, 2.05) is 26.1 Å². The maximum absolute atomic E-state index is 5.89. The Balaban J connectivity index is 2.66. The molecule has 0 amide bonds. The molecule has 0 spiro atoms. The van der Waals surface area contributed by atoms with Crippen LogP contribution in [0.25, 0.3) is 0 Å². The number of nitrogens with zero attached hydrogens (tertiary/aromatic N) is 1. The summed E-state index contributed by atoms with van der Waals surface area (Å²) in [6.45, 7) is 11.2. The van der Waals surface area contributed by atoms with Crippen LogP contribution in [0.5, 0.6) is 0 Å². The van der Waals surface area contributed by atoms with E-state index >= 15 is 0 Å². The second kappa shape index (κ2) is 4.42. The fraction of sp³-hybridized carbons (Fsp3) is 0.615. The number of pyridine rings is 1. The molecule has 3 heteroatoms. The Hall–Kier alpha value is -1.09. The molecule has 0 aliphatic carbocycles. The summed E-state index contributed by atoms with van der Waals surface area (Å²) in [5.74, 6) is 0.881. The van der Waals surface area contributed by atoms with Gasteiger partial charge in [0.25, 0.3) is 0 Å². The van der Waals surface area contributed by atoms with Gasteiger partial charge in [-0.1, -0.05) is 26.8 Å². The number of hydrogen-bond donors (Lipinski definition) is 2. The van der Waals surface area contributed by atoms with Crippen LogP contribution in [-0.2, 0) is 5.41 Å². The minimum atomic E-state index is -0.218. The maximum Gasteiger partial charge on any atom is 0.125 e. The molecular formula is C13H23N3. The summed E-state index contributed by atoms with van der Waals surface area (Å²) < 4.78 is 0. The minimum Gasteiger partial charge on any atom is -0.368 e. The number of nitrogens with one attached hydrogen (secondary N) is 1. The van der Waals surface area contributed by atoms with Crippen molar-refractivity contribution in [2.75, 3.05) is 11.9 Å². The smallest absolute Gasteiger partial charge is 0.125 e. The van der Waals surface area contributed by atoms with E-state index < -0.39 is 0 Å². The Bertz CT molecular complexity index is 328. The highest BCUT2D eigenvalue weighted by Crippen LogP contribution is 2.21.